The van der Waals surface area contributed by atoms with Crippen LogP contribution in [0.1, 0.15) is 36.8 Å². The first-order valence-corrected chi connectivity index (χ1v) is 10.7. The quantitative estimate of drug-likeness (QED) is 0.697. The number of piperidine rings is 1. The molecule has 1 aliphatic rings. The Morgan fingerprint density at radius 3 is 2.47 bits per heavy atom. The van der Waals surface area contributed by atoms with Crippen LogP contribution >= 0.6 is 0 Å². The lowest BCUT2D eigenvalue weighted by atomic mass is 10.1. The monoisotopic (exact) mass is 408 g/mol. The molecule has 30 heavy (non-hydrogen) atoms. The highest BCUT2D eigenvalue weighted by Gasteiger charge is 2.12. The maximum Gasteiger partial charge on any atom is 0.317 e. The van der Waals surface area contributed by atoms with Crippen LogP contribution in [-0.4, -0.2) is 48.4 Å². The number of benzene rings is 2. The Bertz CT molecular complexity index is 819. The minimum atomic E-state index is -0.185. The fraction of sp³-hybridized carbons (Fsp3) is 0.417. The second kappa shape index (κ2) is 11.4. The molecule has 0 bridgehead atoms. The number of amides is 3. The maximum absolute atomic E-state index is 12.3. The van der Waals surface area contributed by atoms with Gasteiger partial charge in [-0.3, -0.25) is 9.69 Å². The van der Waals surface area contributed by atoms with E-state index >= 15 is 0 Å². The van der Waals surface area contributed by atoms with E-state index in [1.807, 2.05) is 48.5 Å². The summed E-state index contributed by atoms with van der Waals surface area (Å²) >= 11 is 0. The van der Waals surface area contributed by atoms with Crippen molar-refractivity contribution in [1.82, 2.24) is 15.1 Å². The number of nitrogens with zero attached hydrogens (tertiary/aromatic N) is 2. The molecule has 0 unspecified atom stereocenters. The fourth-order valence-corrected chi connectivity index (χ4v) is 3.69. The lowest BCUT2D eigenvalue weighted by Crippen LogP contribution is -2.38. The van der Waals surface area contributed by atoms with Crippen LogP contribution in [0.2, 0.25) is 0 Å². The Kier molecular flexibility index (Phi) is 8.27. The Morgan fingerprint density at radius 2 is 1.70 bits per heavy atom. The van der Waals surface area contributed by atoms with Gasteiger partial charge in [0.2, 0.25) is 5.91 Å². The molecular formula is C24H32N4O2. The summed E-state index contributed by atoms with van der Waals surface area (Å²) in [7, 11) is 1.75. The Balaban J connectivity index is 1.39. The van der Waals surface area contributed by atoms with Crippen molar-refractivity contribution in [1.29, 1.82) is 0 Å². The normalized spacial score (nSPS) is 14.2. The van der Waals surface area contributed by atoms with E-state index in [0.29, 0.717) is 13.1 Å². The molecule has 6 nitrogen and oxygen atoms in total. The van der Waals surface area contributed by atoms with Crippen molar-refractivity contribution in [2.45, 2.75) is 38.8 Å². The van der Waals surface area contributed by atoms with Gasteiger partial charge in [0.25, 0.3) is 0 Å². The summed E-state index contributed by atoms with van der Waals surface area (Å²) in [6.07, 6.45) is 4.10. The van der Waals surface area contributed by atoms with Gasteiger partial charge in [-0.1, -0.05) is 48.9 Å². The number of anilines is 1. The summed E-state index contributed by atoms with van der Waals surface area (Å²) in [5, 5.41) is 5.74. The summed E-state index contributed by atoms with van der Waals surface area (Å²) in [5.74, 6) is -0.101. The van der Waals surface area contributed by atoms with E-state index in [9.17, 15) is 9.59 Å². The molecule has 1 heterocycles. The van der Waals surface area contributed by atoms with Crippen molar-refractivity contribution >= 4 is 17.6 Å². The third-order valence-electron chi connectivity index (χ3n) is 5.30. The van der Waals surface area contributed by atoms with Crippen LogP contribution in [0.3, 0.4) is 0 Å². The van der Waals surface area contributed by atoms with E-state index in [0.717, 1.165) is 30.9 Å². The number of carbonyl (C=O) groups is 2. The first kappa shape index (κ1) is 21.8. The highest BCUT2D eigenvalue weighted by Crippen LogP contribution is 2.16. The largest absolute Gasteiger partial charge is 0.337 e. The highest BCUT2D eigenvalue weighted by molar-refractivity contribution is 5.91. The van der Waals surface area contributed by atoms with Gasteiger partial charge in [0, 0.05) is 38.8 Å². The third kappa shape index (κ3) is 7.19. The van der Waals surface area contributed by atoms with E-state index in [-0.39, 0.29) is 18.4 Å². The predicted molar refractivity (Wildman–Crippen MR) is 120 cm³/mol. The van der Waals surface area contributed by atoms with E-state index in [1.165, 1.54) is 24.8 Å². The number of rotatable bonds is 8. The fourth-order valence-electron chi connectivity index (χ4n) is 3.69. The molecule has 160 valence electrons. The van der Waals surface area contributed by atoms with Crippen LogP contribution in [0.4, 0.5) is 10.5 Å². The zero-order valence-corrected chi connectivity index (χ0v) is 17.8. The van der Waals surface area contributed by atoms with E-state index < -0.39 is 0 Å². The van der Waals surface area contributed by atoms with Crippen molar-refractivity contribution in [3.05, 3.63) is 65.7 Å². The Morgan fingerprint density at radius 1 is 0.967 bits per heavy atom. The van der Waals surface area contributed by atoms with Gasteiger partial charge < -0.3 is 15.5 Å². The van der Waals surface area contributed by atoms with Crippen LogP contribution in [-0.2, 0) is 17.9 Å². The Hall–Kier alpha value is -2.86. The molecule has 2 aromatic rings. The molecule has 3 rings (SSSR count). The van der Waals surface area contributed by atoms with Crippen LogP contribution in [0, 0.1) is 0 Å². The van der Waals surface area contributed by atoms with Gasteiger partial charge in [-0.05, 0) is 49.2 Å². The van der Waals surface area contributed by atoms with Crippen molar-refractivity contribution in [3.8, 4) is 0 Å². The van der Waals surface area contributed by atoms with Crippen LogP contribution in [0.5, 0.6) is 0 Å². The summed E-state index contributed by atoms with van der Waals surface area (Å²) in [6, 6.07) is 17.7. The lowest BCUT2D eigenvalue weighted by molar-refractivity contribution is -0.116. The molecule has 3 amide bonds. The molecule has 0 aromatic heterocycles. The minimum absolute atomic E-state index is 0.101. The van der Waals surface area contributed by atoms with E-state index in [1.54, 1.807) is 11.9 Å². The first-order valence-electron chi connectivity index (χ1n) is 10.7. The van der Waals surface area contributed by atoms with Gasteiger partial charge in [0.15, 0.2) is 0 Å². The van der Waals surface area contributed by atoms with Gasteiger partial charge in [-0.25, -0.2) is 4.79 Å². The molecule has 6 heteroatoms. The van der Waals surface area contributed by atoms with Gasteiger partial charge >= 0.3 is 6.03 Å². The topological polar surface area (TPSA) is 64.7 Å². The average Bonchev–Trinajstić information content (AvgIpc) is 2.75. The lowest BCUT2D eigenvalue weighted by Gasteiger charge is -2.26. The molecular weight excluding hydrogens is 376 g/mol. The van der Waals surface area contributed by atoms with Crippen molar-refractivity contribution in [2.24, 2.45) is 0 Å². The van der Waals surface area contributed by atoms with Gasteiger partial charge in [0.05, 0.1) is 0 Å². The second-order valence-electron chi connectivity index (χ2n) is 7.91. The molecule has 1 fully saturated rings. The molecule has 2 aromatic carbocycles. The third-order valence-corrected chi connectivity index (χ3v) is 5.30. The standard InChI is InChI=1S/C24H32N4O2/c1-27(18-20-9-4-2-5-10-20)24(30)25-14-13-23(29)26-22-12-8-11-21(17-22)19-28-15-6-3-7-16-28/h2,4-5,8-12,17H,3,6-7,13-16,18-19H2,1H3,(H,25,30)(H,26,29). The smallest absolute Gasteiger partial charge is 0.317 e. The number of nitrogens with one attached hydrogen (secondary N) is 2. The van der Waals surface area contributed by atoms with Crippen LogP contribution in [0.15, 0.2) is 54.6 Å². The van der Waals surface area contributed by atoms with Gasteiger partial charge in [-0.15, -0.1) is 0 Å². The van der Waals surface area contributed by atoms with Crippen LogP contribution in [0.25, 0.3) is 0 Å². The first-order chi connectivity index (χ1) is 14.6. The Labute approximate surface area is 179 Å². The molecule has 0 aliphatic carbocycles. The highest BCUT2D eigenvalue weighted by atomic mass is 16.2. The van der Waals surface area contributed by atoms with Gasteiger partial charge in [0.1, 0.15) is 0 Å². The summed E-state index contributed by atoms with van der Waals surface area (Å²) < 4.78 is 0. The molecule has 0 spiro atoms. The van der Waals surface area contributed by atoms with Gasteiger partial charge in [-0.2, -0.15) is 0 Å². The number of urea groups is 1. The number of carbonyl (C=O) groups excluding carboxylic acids is 2. The average molecular weight is 409 g/mol. The number of likely N-dealkylation sites (tertiary alicyclic amines) is 1. The van der Waals surface area contributed by atoms with E-state index in [2.05, 4.69) is 21.6 Å². The van der Waals surface area contributed by atoms with Crippen molar-refractivity contribution in [3.63, 3.8) is 0 Å². The zero-order chi connectivity index (χ0) is 21.2. The summed E-state index contributed by atoms with van der Waals surface area (Å²) in [6.45, 7) is 4.05. The van der Waals surface area contributed by atoms with Crippen LogP contribution < -0.4 is 10.6 Å². The molecule has 0 saturated carbocycles. The minimum Gasteiger partial charge on any atom is -0.337 e. The zero-order valence-electron chi connectivity index (χ0n) is 17.8. The molecule has 2 N–H and O–H groups in total. The molecule has 1 aliphatic heterocycles. The number of hydrogen-bond acceptors (Lipinski definition) is 3. The van der Waals surface area contributed by atoms with Crippen molar-refractivity contribution in [2.75, 3.05) is 32.0 Å². The predicted octanol–water partition coefficient (Wildman–Crippen LogP) is 3.84. The molecule has 1 saturated heterocycles. The van der Waals surface area contributed by atoms with E-state index in [4.69, 9.17) is 0 Å². The van der Waals surface area contributed by atoms with Crippen molar-refractivity contribution < 1.29 is 9.59 Å². The summed E-state index contributed by atoms with van der Waals surface area (Å²) in [5.41, 5.74) is 3.09. The molecule has 0 radical (unpaired) electrons. The SMILES string of the molecule is CN(Cc1ccccc1)C(=O)NCCC(=O)Nc1cccc(CN2CCCCC2)c1. The molecule has 0 atom stereocenters. The summed E-state index contributed by atoms with van der Waals surface area (Å²) in [4.78, 5) is 28.5. The number of hydrogen-bond donors (Lipinski definition) is 2. The maximum atomic E-state index is 12.3. The second-order valence-corrected chi connectivity index (χ2v) is 7.91.